The Bertz CT molecular complexity index is 868. The second kappa shape index (κ2) is 8.05. The standard InChI is InChI=1S/C30H48O3/c1-18(2)22(31)10-9-19(3)20-11-16-30(8)26-21(12-15-29(20,30)7)28(6)14-13-25(33)27(4,5)24(28)17-23(26)32/h19-20,22,24-25,31,33H,1,9-17H2,2-8H3. The van der Waals surface area contributed by atoms with Crippen molar-refractivity contribution >= 4 is 5.78 Å². The Morgan fingerprint density at radius 3 is 2.39 bits per heavy atom. The smallest absolute Gasteiger partial charge is 0.159 e. The van der Waals surface area contributed by atoms with Gasteiger partial charge in [-0.05, 0) is 92.3 Å². The molecule has 0 aromatic heterocycles. The molecule has 4 aliphatic rings. The number of carbonyl (C=O) groups is 1. The highest BCUT2D eigenvalue weighted by Crippen LogP contribution is 2.71. The summed E-state index contributed by atoms with van der Waals surface area (Å²) in [5.41, 5.74) is 3.38. The highest BCUT2D eigenvalue weighted by molar-refractivity contribution is 5.99. The monoisotopic (exact) mass is 456 g/mol. The van der Waals surface area contributed by atoms with E-state index in [9.17, 15) is 15.0 Å². The Morgan fingerprint density at radius 2 is 1.76 bits per heavy atom. The molecule has 0 saturated heterocycles. The summed E-state index contributed by atoms with van der Waals surface area (Å²) in [6, 6.07) is 0. The van der Waals surface area contributed by atoms with Gasteiger partial charge in [0.25, 0.3) is 0 Å². The molecule has 2 saturated carbocycles. The predicted molar refractivity (Wildman–Crippen MR) is 135 cm³/mol. The third-order valence-corrected chi connectivity index (χ3v) is 11.8. The fourth-order valence-corrected chi connectivity index (χ4v) is 9.17. The van der Waals surface area contributed by atoms with Gasteiger partial charge in [0.05, 0.1) is 12.2 Å². The number of aliphatic hydroxyl groups is 2. The van der Waals surface area contributed by atoms with E-state index in [0.29, 0.717) is 24.0 Å². The van der Waals surface area contributed by atoms with Crippen LogP contribution in [0.15, 0.2) is 23.3 Å². The molecular formula is C30H48O3. The van der Waals surface area contributed by atoms with Gasteiger partial charge in [0.1, 0.15) is 0 Å². The molecule has 3 nitrogen and oxygen atoms in total. The van der Waals surface area contributed by atoms with Crippen LogP contribution < -0.4 is 0 Å². The molecule has 33 heavy (non-hydrogen) atoms. The van der Waals surface area contributed by atoms with E-state index in [0.717, 1.165) is 50.5 Å². The van der Waals surface area contributed by atoms with Gasteiger partial charge in [0.2, 0.25) is 0 Å². The molecule has 8 unspecified atom stereocenters. The molecule has 3 heteroatoms. The number of rotatable bonds is 5. The third-order valence-electron chi connectivity index (χ3n) is 11.8. The molecule has 0 radical (unpaired) electrons. The summed E-state index contributed by atoms with van der Waals surface area (Å²) in [6.07, 6.45) is 7.95. The Morgan fingerprint density at radius 1 is 1.09 bits per heavy atom. The SMILES string of the molecule is C=C(C)C(O)CCC(C)C1CCC2(C)C3=C(CCC12C)C1(C)CCC(O)C(C)(C)C1CC3=O. The van der Waals surface area contributed by atoms with Crippen LogP contribution in [0.3, 0.4) is 0 Å². The van der Waals surface area contributed by atoms with Gasteiger partial charge in [-0.15, -0.1) is 0 Å². The zero-order valence-electron chi connectivity index (χ0n) is 22.3. The molecule has 0 bridgehead atoms. The van der Waals surface area contributed by atoms with E-state index in [4.69, 9.17) is 0 Å². The highest BCUT2D eigenvalue weighted by atomic mass is 16.3. The van der Waals surface area contributed by atoms with E-state index < -0.39 is 6.10 Å². The number of fused-ring (bicyclic) bond motifs is 4. The van der Waals surface area contributed by atoms with Crippen LogP contribution in [-0.2, 0) is 4.79 Å². The van der Waals surface area contributed by atoms with Crippen LogP contribution in [-0.4, -0.2) is 28.2 Å². The normalized spacial score (nSPS) is 44.0. The van der Waals surface area contributed by atoms with Gasteiger partial charge >= 0.3 is 0 Å². The van der Waals surface area contributed by atoms with Crippen molar-refractivity contribution in [3.8, 4) is 0 Å². The van der Waals surface area contributed by atoms with E-state index in [1.165, 1.54) is 17.6 Å². The van der Waals surface area contributed by atoms with Crippen molar-refractivity contribution in [2.24, 2.45) is 39.4 Å². The van der Waals surface area contributed by atoms with E-state index in [-0.39, 0.29) is 33.7 Å². The van der Waals surface area contributed by atoms with E-state index in [2.05, 4.69) is 48.1 Å². The average molecular weight is 457 g/mol. The molecule has 0 amide bonds. The molecule has 2 N–H and O–H groups in total. The second-order valence-corrected chi connectivity index (χ2v) is 13.6. The second-order valence-electron chi connectivity index (χ2n) is 13.6. The summed E-state index contributed by atoms with van der Waals surface area (Å²) in [7, 11) is 0. The fourth-order valence-electron chi connectivity index (χ4n) is 9.17. The number of allylic oxidation sites excluding steroid dienone is 2. The Kier molecular flexibility index (Phi) is 6.14. The number of carbonyl (C=O) groups excluding carboxylic acids is 1. The minimum absolute atomic E-state index is 0.0333. The molecule has 0 heterocycles. The van der Waals surface area contributed by atoms with Gasteiger partial charge in [-0.25, -0.2) is 0 Å². The molecule has 0 aromatic rings. The van der Waals surface area contributed by atoms with E-state index in [1.807, 2.05) is 6.92 Å². The van der Waals surface area contributed by atoms with Crippen LogP contribution >= 0.6 is 0 Å². The van der Waals surface area contributed by atoms with E-state index >= 15 is 0 Å². The maximum absolute atomic E-state index is 13.9. The summed E-state index contributed by atoms with van der Waals surface area (Å²) < 4.78 is 0. The maximum Gasteiger partial charge on any atom is 0.159 e. The lowest BCUT2D eigenvalue weighted by Gasteiger charge is -2.61. The van der Waals surface area contributed by atoms with Crippen LogP contribution in [0.4, 0.5) is 0 Å². The van der Waals surface area contributed by atoms with Crippen molar-refractivity contribution < 1.29 is 15.0 Å². The maximum atomic E-state index is 13.9. The molecule has 4 rings (SSSR count). The molecule has 0 spiro atoms. The summed E-state index contributed by atoms with van der Waals surface area (Å²) in [6.45, 7) is 19.8. The number of ketones is 1. The summed E-state index contributed by atoms with van der Waals surface area (Å²) in [5, 5.41) is 21.1. The first kappa shape index (κ1) is 25.2. The van der Waals surface area contributed by atoms with Gasteiger partial charge in [0.15, 0.2) is 5.78 Å². The number of aliphatic hydroxyl groups excluding tert-OH is 2. The van der Waals surface area contributed by atoms with Crippen LogP contribution in [0, 0.1) is 39.4 Å². The largest absolute Gasteiger partial charge is 0.393 e. The number of Topliss-reactive ketones (excluding diaryl/α,β-unsaturated/α-hetero) is 1. The van der Waals surface area contributed by atoms with Crippen molar-refractivity contribution in [3.05, 3.63) is 23.3 Å². The topological polar surface area (TPSA) is 57.5 Å². The van der Waals surface area contributed by atoms with Crippen molar-refractivity contribution in [1.29, 1.82) is 0 Å². The van der Waals surface area contributed by atoms with Gasteiger partial charge < -0.3 is 10.2 Å². The fraction of sp³-hybridized carbons (Fsp3) is 0.833. The van der Waals surface area contributed by atoms with Gasteiger partial charge in [-0.2, -0.15) is 0 Å². The first-order valence-electron chi connectivity index (χ1n) is 13.5. The van der Waals surface area contributed by atoms with Crippen LogP contribution in [0.1, 0.15) is 106 Å². The summed E-state index contributed by atoms with van der Waals surface area (Å²) in [5.74, 6) is 1.71. The highest BCUT2D eigenvalue weighted by Gasteiger charge is 2.65. The third kappa shape index (κ3) is 3.46. The Hall–Kier alpha value is -0.930. The lowest BCUT2D eigenvalue weighted by Crippen LogP contribution is -2.57. The molecule has 2 fully saturated rings. The lowest BCUT2D eigenvalue weighted by atomic mass is 9.43. The molecule has 0 aromatic carbocycles. The van der Waals surface area contributed by atoms with Gasteiger partial charge in [-0.1, -0.05) is 59.3 Å². The van der Waals surface area contributed by atoms with Crippen LogP contribution in [0.2, 0.25) is 0 Å². The zero-order chi connectivity index (χ0) is 24.6. The van der Waals surface area contributed by atoms with Crippen molar-refractivity contribution in [3.63, 3.8) is 0 Å². The summed E-state index contributed by atoms with van der Waals surface area (Å²) in [4.78, 5) is 13.9. The van der Waals surface area contributed by atoms with Crippen LogP contribution in [0.25, 0.3) is 0 Å². The molecule has 8 atom stereocenters. The molecule has 4 aliphatic carbocycles. The summed E-state index contributed by atoms with van der Waals surface area (Å²) >= 11 is 0. The quantitative estimate of drug-likeness (QED) is 0.457. The molecule has 0 aliphatic heterocycles. The first-order chi connectivity index (χ1) is 15.2. The van der Waals surface area contributed by atoms with Crippen molar-refractivity contribution in [2.45, 2.75) is 118 Å². The Labute approximate surface area is 202 Å². The average Bonchev–Trinajstić information content (AvgIpc) is 3.02. The van der Waals surface area contributed by atoms with Crippen LogP contribution in [0.5, 0.6) is 0 Å². The Balaban J connectivity index is 1.68. The number of hydrogen-bond acceptors (Lipinski definition) is 3. The van der Waals surface area contributed by atoms with Gasteiger partial charge in [-0.3, -0.25) is 4.79 Å². The van der Waals surface area contributed by atoms with Crippen molar-refractivity contribution in [2.75, 3.05) is 0 Å². The minimum Gasteiger partial charge on any atom is -0.393 e. The number of hydrogen-bond donors (Lipinski definition) is 2. The van der Waals surface area contributed by atoms with Gasteiger partial charge in [0, 0.05) is 17.4 Å². The molecular weight excluding hydrogens is 408 g/mol. The first-order valence-corrected chi connectivity index (χ1v) is 13.5. The van der Waals surface area contributed by atoms with E-state index in [1.54, 1.807) is 0 Å². The predicted octanol–water partition coefficient (Wildman–Crippen LogP) is 6.63. The van der Waals surface area contributed by atoms with Crippen molar-refractivity contribution in [1.82, 2.24) is 0 Å². The lowest BCUT2D eigenvalue weighted by molar-refractivity contribution is -0.134. The minimum atomic E-state index is -0.407. The zero-order valence-corrected chi connectivity index (χ0v) is 22.3. The molecule has 186 valence electrons.